The van der Waals surface area contributed by atoms with Crippen molar-refractivity contribution < 1.29 is 4.74 Å². The van der Waals surface area contributed by atoms with E-state index >= 15 is 0 Å². The third-order valence-electron chi connectivity index (χ3n) is 3.28. The molecule has 0 amide bonds. The molecule has 1 aliphatic heterocycles. The fourth-order valence-electron chi connectivity index (χ4n) is 2.57. The average Bonchev–Trinajstić information content (AvgIpc) is 2.72. The second kappa shape index (κ2) is 6.68. The van der Waals surface area contributed by atoms with E-state index in [1.54, 1.807) is 0 Å². The van der Waals surface area contributed by atoms with Gasteiger partial charge in [0.2, 0.25) is 0 Å². The molecule has 1 saturated heterocycles. The summed E-state index contributed by atoms with van der Waals surface area (Å²) in [7, 11) is 1.99. The topological polar surface area (TPSA) is 37.4 Å². The molecule has 0 radical (unpaired) electrons. The first-order valence-corrected chi connectivity index (χ1v) is 7.99. The summed E-state index contributed by atoms with van der Waals surface area (Å²) in [5.41, 5.74) is 1.27. The molecule has 1 aromatic rings. The summed E-state index contributed by atoms with van der Waals surface area (Å²) in [5, 5.41) is 4.41. The maximum atomic E-state index is 5.79. The van der Waals surface area contributed by atoms with Gasteiger partial charge in [-0.05, 0) is 27.3 Å². The summed E-state index contributed by atoms with van der Waals surface area (Å²) < 4.78 is 5.79. The lowest BCUT2D eigenvalue weighted by Gasteiger charge is -2.35. The predicted octanol–water partition coefficient (Wildman–Crippen LogP) is 2.43. The number of morpholine rings is 1. The van der Waals surface area contributed by atoms with E-state index < -0.39 is 0 Å². The van der Waals surface area contributed by atoms with E-state index in [-0.39, 0.29) is 12.2 Å². The van der Waals surface area contributed by atoms with Crippen molar-refractivity contribution in [1.82, 2.24) is 10.3 Å². The van der Waals surface area contributed by atoms with Gasteiger partial charge in [0.05, 0.1) is 17.9 Å². The zero-order valence-electron chi connectivity index (χ0n) is 12.4. The van der Waals surface area contributed by atoms with Crippen LogP contribution in [0.3, 0.4) is 0 Å². The summed E-state index contributed by atoms with van der Waals surface area (Å²) in [6.07, 6.45) is 2.80. The van der Waals surface area contributed by atoms with Gasteiger partial charge < -0.3 is 15.0 Å². The first-order valence-electron chi connectivity index (χ1n) is 7.17. The van der Waals surface area contributed by atoms with Gasteiger partial charge in [-0.3, -0.25) is 0 Å². The van der Waals surface area contributed by atoms with Gasteiger partial charge in [0, 0.05) is 24.5 Å². The highest BCUT2D eigenvalue weighted by Gasteiger charge is 2.25. The van der Waals surface area contributed by atoms with Crippen LogP contribution in [0, 0.1) is 0 Å². The summed E-state index contributed by atoms with van der Waals surface area (Å²) in [4.78, 5) is 8.62. The first kappa shape index (κ1) is 14.8. The van der Waals surface area contributed by atoms with E-state index in [0.29, 0.717) is 0 Å². The Morgan fingerprint density at radius 2 is 2.05 bits per heavy atom. The number of rotatable bonds is 5. The van der Waals surface area contributed by atoms with Crippen molar-refractivity contribution in [2.75, 3.05) is 25.0 Å². The van der Waals surface area contributed by atoms with Gasteiger partial charge in [-0.1, -0.05) is 13.3 Å². The van der Waals surface area contributed by atoms with Gasteiger partial charge in [-0.2, -0.15) is 0 Å². The van der Waals surface area contributed by atoms with Crippen LogP contribution in [0.15, 0.2) is 0 Å². The lowest BCUT2D eigenvalue weighted by molar-refractivity contribution is -0.00523. The molecule has 5 heteroatoms. The van der Waals surface area contributed by atoms with Crippen molar-refractivity contribution in [3.8, 4) is 0 Å². The molecule has 19 heavy (non-hydrogen) atoms. The standard InChI is InChI=1S/C14H25N3OS/c1-5-6-12-13(7-15-4)19-14(16-12)17-8-10(2)18-11(3)9-17/h10-11,15H,5-9H2,1-4H3/t10-,11+. The van der Waals surface area contributed by atoms with Crippen LogP contribution in [-0.4, -0.2) is 37.3 Å². The maximum Gasteiger partial charge on any atom is 0.186 e. The molecule has 1 aromatic heterocycles. The Morgan fingerprint density at radius 1 is 1.37 bits per heavy atom. The molecule has 108 valence electrons. The Kier molecular flexibility index (Phi) is 5.19. The normalized spacial score (nSPS) is 23.9. The number of thiazole rings is 1. The van der Waals surface area contributed by atoms with Crippen molar-refractivity contribution in [1.29, 1.82) is 0 Å². The monoisotopic (exact) mass is 283 g/mol. The SMILES string of the molecule is CCCc1nc(N2C[C@@H](C)O[C@@H](C)C2)sc1CNC. The highest BCUT2D eigenvalue weighted by atomic mass is 32.1. The van der Waals surface area contributed by atoms with Crippen LogP contribution in [0.4, 0.5) is 5.13 Å². The molecule has 2 atom stereocenters. The van der Waals surface area contributed by atoms with Gasteiger partial charge >= 0.3 is 0 Å². The van der Waals surface area contributed by atoms with Crippen LogP contribution >= 0.6 is 11.3 Å². The van der Waals surface area contributed by atoms with Crippen LogP contribution < -0.4 is 10.2 Å². The molecule has 0 aliphatic carbocycles. The molecule has 0 unspecified atom stereocenters. The van der Waals surface area contributed by atoms with Gasteiger partial charge in [-0.15, -0.1) is 11.3 Å². The van der Waals surface area contributed by atoms with Crippen LogP contribution in [0.1, 0.15) is 37.8 Å². The number of nitrogens with one attached hydrogen (secondary N) is 1. The fraction of sp³-hybridized carbons (Fsp3) is 0.786. The molecule has 0 saturated carbocycles. The molecular formula is C14H25N3OS. The van der Waals surface area contributed by atoms with E-state index in [1.165, 1.54) is 10.6 Å². The molecule has 0 spiro atoms. The lowest BCUT2D eigenvalue weighted by Crippen LogP contribution is -2.45. The third kappa shape index (κ3) is 3.68. The van der Waals surface area contributed by atoms with Crippen molar-refractivity contribution in [3.63, 3.8) is 0 Å². The molecule has 1 aliphatic rings. The highest BCUT2D eigenvalue weighted by Crippen LogP contribution is 2.29. The smallest absolute Gasteiger partial charge is 0.186 e. The minimum absolute atomic E-state index is 0.287. The zero-order valence-corrected chi connectivity index (χ0v) is 13.2. The van der Waals surface area contributed by atoms with E-state index in [0.717, 1.165) is 37.6 Å². The minimum atomic E-state index is 0.287. The van der Waals surface area contributed by atoms with Crippen LogP contribution in [0.25, 0.3) is 0 Å². The minimum Gasteiger partial charge on any atom is -0.372 e. The molecule has 0 bridgehead atoms. The molecular weight excluding hydrogens is 258 g/mol. The molecule has 0 aromatic carbocycles. The van der Waals surface area contributed by atoms with E-state index in [2.05, 4.69) is 31.0 Å². The number of ether oxygens (including phenoxy) is 1. The van der Waals surface area contributed by atoms with Crippen LogP contribution in [-0.2, 0) is 17.7 Å². The molecule has 1 fully saturated rings. The van der Waals surface area contributed by atoms with Crippen LogP contribution in [0.5, 0.6) is 0 Å². The Hall–Kier alpha value is -0.650. The van der Waals surface area contributed by atoms with Crippen LogP contribution in [0.2, 0.25) is 0 Å². The Balaban J connectivity index is 2.16. The highest BCUT2D eigenvalue weighted by molar-refractivity contribution is 7.15. The van der Waals surface area contributed by atoms with Crippen molar-refractivity contribution in [2.45, 2.75) is 52.4 Å². The quantitative estimate of drug-likeness (QED) is 0.900. The van der Waals surface area contributed by atoms with Gasteiger partial charge in [0.1, 0.15) is 0 Å². The first-order chi connectivity index (χ1) is 9.13. The van der Waals surface area contributed by atoms with Gasteiger partial charge in [0.15, 0.2) is 5.13 Å². The largest absolute Gasteiger partial charge is 0.372 e. The lowest BCUT2D eigenvalue weighted by atomic mass is 10.2. The number of aromatic nitrogens is 1. The van der Waals surface area contributed by atoms with Gasteiger partial charge in [0.25, 0.3) is 0 Å². The number of hydrogen-bond donors (Lipinski definition) is 1. The number of hydrogen-bond acceptors (Lipinski definition) is 5. The summed E-state index contributed by atoms with van der Waals surface area (Å²) in [6.45, 7) is 9.30. The number of aryl methyl sites for hydroxylation is 1. The summed E-state index contributed by atoms with van der Waals surface area (Å²) >= 11 is 1.83. The fourth-order valence-corrected chi connectivity index (χ4v) is 3.71. The Labute approximate surface area is 120 Å². The summed E-state index contributed by atoms with van der Waals surface area (Å²) in [5.74, 6) is 0. The predicted molar refractivity (Wildman–Crippen MR) is 81.1 cm³/mol. The maximum absolute atomic E-state index is 5.79. The molecule has 2 heterocycles. The molecule has 4 nitrogen and oxygen atoms in total. The zero-order chi connectivity index (χ0) is 13.8. The summed E-state index contributed by atoms with van der Waals surface area (Å²) in [6, 6.07) is 0. The second-order valence-electron chi connectivity index (χ2n) is 5.31. The second-order valence-corrected chi connectivity index (χ2v) is 6.37. The third-order valence-corrected chi connectivity index (χ3v) is 4.44. The van der Waals surface area contributed by atoms with Crippen molar-refractivity contribution in [2.24, 2.45) is 0 Å². The Bertz CT molecular complexity index is 374. The molecule has 2 rings (SSSR count). The molecule has 1 N–H and O–H groups in total. The number of anilines is 1. The van der Waals surface area contributed by atoms with E-state index in [1.807, 2.05) is 18.4 Å². The van der Waals surface area contributed by atoms with E-state index in [4.69, 9.17) is 9.72 Å². The van der Waals surface area contributed by atoms with Crippen molar-refractivity contribution in [3.05, 3.63) is 10.6 Å². The Morgan fingerprint density at radius 3 is 2.63 bits per heavy atom. The number of nitrogens with zero attached hydrogens (tertiary/aromatic N) is 2. The van der Waals surface area contributed by atoms with Crippen molar-refractivity contribution >= 4 is 16.5 Å². The van der Waals surface area contributed by atoms with Gasteiger partial charge in [-0.25, -0.2) is 4.98 Å². The van der Waals surface area contributed by atoms with E-state index in [9.17, 15) is 0 Å². The average molecular weight is 283 g/mol.